The number of amides is 1. The lowest BCUT2D eigenvalue weighted by molar-refractivity contribution is 0.0769. The predicted octanol–water partition coefficient (Wildman–Crippen LogP) is -0.608. The average molecular weight is 309 g/mol. The smallest absolute Gasteiger partial charge is 0.276 e. The van der Waals surface area contributed by atoms with Crippen LogP contribution in [0, 0.1) is 11.8 Å². The monoisotopic (exact) mass is 309 g/mol. The van der Waals surface area contributed by atoms with Crippen molar-refractivity contribution >= 4 is 5.91 Å². The van der Waals surface area contributed by atoms with Gasteiger partial charge in [0.05, 0.1) is 6.61 Å². The van der Waals surface area contributed by atoms with E-state index in [1.165, 1.54) is 12.3 Å². The Bertz CT molecular complexity index is 511. The Kier molecular flexibility index (Phi) is 5.70. The van der Waals surface area contributed by atoms with Gasteiger partial charge in [-0.15, -0.1) is 0 Å². The van der Waals surface area contributed by atoms with E-state index in [-0.39, 0.29) is 42.4 Å². The number of likely N-dealkylation sites (N-methyl/N-ethyl adjacent to an activating group) is 1. The van der Waals surface area contributed by atoms with Crippen molar-refractivity contribution in [1.29, 1.82) is 0 Å². The Morgan fingerprint density at radius 1 is 1.41 bits per heavy atom. The molecule has 3 N–H and O–H groups in total. The summed E-state index contributed by atoms with van der Waals surface area (Å²) in [5.41, 5.74) is 0.0450. The fourth-order valence-electron chi connectivity index (χ4n) is 2.89. The van der Waals surface area contributed by atoms with Crippen LogP contribution >= 0.6 is 0 Å². The van der Waals surface area contributed by atoms with Gasteiger partial charge in [-0.25, -0.2) is 4.98 Å². The Labute approximate surface area is 129 Å². The molecule has 0 spiro atoms. The SMILES string of the molecule is CN(CCO)C[C@@H]1CN(C(=O)c2ncccc2O)C[C@@H]1CO. The number of aliphatic hydroxyl groups is 2. The molecule has 1 aromatic rings. The van der Waals surface area contributed by atoms with Crippen LogP contribution in [0.2, 0.25) is 0 Å². The van der Waals surface area contributed by atoms with Crippen molar-refractivity contribution in [2.75, 3.05) is 46.4 Å². The summed E-state index contributed by atoms with van der Waals surface area (Å²) in [5.74, 6) is -0.315. The van der Waals surface area contributed by atoms with Crippen molar-refractivity contribution in [3.05, 3.63) is 24.0 Å². The molecule has 0 bridgehead atoms. The number of carbonyl (C=O) groups excluding carboxylic acids is 1. The van der Waals surface area contributed by atoms with Gasteiger partial charge < -0.3 is 25.1 Å². The van der Waals surface area contributed by atoms with Gasteiger partial charge in [0.15, 0.2) is 5.69 Å². The molecule has 1 amide bonds. The molecule has 2 heterocycles. The van der Waals surface area contributed by atoms with Gasteiger partial charge in [-0.1, -0.05) is 0 Å². The van der Waals surface area contributed by atoms with Crippen molar-refractivity contribution in [2.24, 2.45) is 11.8 Å². The molecule has 1 saturated heterocycles. The van der Waals surface area contributed by atoms with Crippen molar-refractivity contribution in [2.45, 2.75) is 0 Å². The molecule has 7 nitrogen and oxygen atoms in total. The Balaban J connectivity index is 2.05. The quantitative estimate of drug-likeness (QED) is 0.649. The van der Waals surface area contributed by atoms with Crippen molar-refractivity contribution in [3.8, 4) is 5.75 Å². The van der Waals surface area contributed by atoms with E-state index in [0.29, 0.717) is 26.2 Å². The molecular weight excluding hydrogens is 286 g/mol. The molecule has 0 aromatic carbocycles. The first-order valence-corrected chi connectivity index (χ1v) is 7.40. The third kappa shape index (κ3) is 3.73. The zero-order chi connectivity index (χ0) is 16.1. The maximum Gasteiger partial charge on any atom is 0.276 e. The molecule has 1 fully saturated rings. The minimum absolute atomic E-state index is 0.00375. The highest BCUT2D eigenvalue weighted by Crippen LogP contribution is 2.26. The summed E-state index contributed by atoms with van der Waals surface area (Å²) in [4.78, 5) is 20.0. The molecule has 1 aliphatic rings. The van der Waals surface area contributed by atoms with Gasteiger partial charge >= 0.3 is 0 Å². The lowest BCUT2D eigenvalue weighted by Crippen LogP contribution is -2.33. The normalized spacial score (nSPS) is 21.5. The van der Waals surface area contributed by atoms with Gasteiger partial charge in [0.2, 0.25) is 0 Å². The highest BCUT2D eigenvalue weighted by Gasteiger charge is 2.36. The standard InChI is InChI=1S/C15H23N3O4/c1-17(5-6-19)7-11-8-18(9-12(11)10-20)15(22)14-13(21)3-2-4-16-14/h2-4,11-12,19-21H,5-10H2,1H3/t11-,12-/m1/s1. The van der Waals surface area contributed by atoms with E-state index < -0.39 is 0 Å². The lowest BCUT2D eigenvalue weighted by Gasteiger charge is -2.23. The number of hydrogen-bond donors (Lipinski definition) is 3. The number of pyridine rings is 1. The third-order valence-corrected chi connectivity index (χ3v) is 4.12. The zero-order valence-corrected chi connectivity index (χ0v) is 12.7. The highest BCUT2D eigenvalue weighted by molar-refractivity contribution is 5.94. The molecule has 22 heavy (non-hydrogen) atoms. The Morgan fingerprint density at radius 2 is 2.14 bits per heavy atom. The molecule has 0 unspecified atom stereocenters. The first-order valence-electron chi connectivity index (χ1n) is 7.40. The predicted molar refractivity (Wildman–Crippen MR) is 80.5 cm³/mol. The summed E-state index contributed by atoms with van der Waals surface area (Å²) in [5, 5.41) is 28.2. The molecule has 0 aliphatic carbocycles. The van der Waals surface area contributed by atoms with E-state index in [2.05, 4.69) is 4.98 Å². The molecule has 1 aromatic heterocycles. The number of hydrogen-bond acceptors (Lipinski definition) is 6. The molecular formula is C15H23N3O4. The van der Waals surface area contributed by atoms with Crippen molar-refractivity contribution < 1.29 is 20.1 Å². The van der Waals surface area contributed by atoms with E-state index in [9.17, 15) is 15.0 Å². The molecule has 122 valence electrons. The second-order valence-electron chi connectivity index (χ2n) is 5.77. The molecule has 7 heteroatoms. The maximum absolute atomic E-state index is 12.5. The summed E-state index contributed by atoms with van der Waals surface area (Å²) in [6, 6.07) is 3.01. The summed E-state index contributed by atoms with van der Waals surface area (Å²) in [6.45, 7) is 2.30. The van der Waals surface area contributed by atoms with Crippen LogP contribution in [-0.2, 0) is 0 Å². The summed E-state index contributed by atoms with van der Waals surface area (Å²) >= 11 is 0. The summed E-state index contributed by atoms with van der Waals surface area (Å²) in [6.07, 6.45) is 1.47. The van der Waals surface area contributed by atoms with Crippen LogP contribution in [0.3, 0.4) is 0 Å². The van der Waals surface area contributed by atoms with Gasteiger partial charge in [-0.2, -0.15) is 0 Å². The zero-order valence-electron chi connectivity index (χ0n) is 12.7. The second-order valence-corrected chi connectivity index (χ2v) is 5.77. The summed E-state index contributed by atoms with van der Waals surface area (Å²) in [7, 11) is 1.90. The second kappa shape index (κ2) is 7.53. The Hall–Kier alpha value is -1.70. The van der Waals surface area contributed by atoms with Gasteiger partial charge in [-0.05, 0) is 25.1 Å². The van der Waals surface area contributed by atoms with Crippen LogP contribution in [0.15, 0.2) is 18.3 Å². The third-order valence-electron chi connectivity index (χ3n) is 4.12. The number of carbonyl (C=O) groups is 1. The molecule has 0 radical (unpaired) electrons. The minimum atomic E-state index is -0.316. The number of rotatable bonds is 6. The molecule has 2 rings (SSSR count). The fraction of sp³-hybridized carbons (Fsp3) is 0.600. The number of nitrogens with zero attached hydrogens (tertiary/aromatic N) is 3. The van der Waals surface area contributed by atoms with E-state index in [1.54, 1.807) is 11.0 Å². The lowest BCUT2D eigenvalue weighted by atomic mass is 9.96. The summed E-state index contributed by atoms with van der Waals surface area (Å²) < 4.78 is 0. The minimum Gasteiger partial charge on any atom is -0.505 e. The number of aromatic nitrogens is 1. The Morgan fingerprint density at radius 3 is 2.77 bits per heavy atom. The first kappa shape index (κ1) is 16.7. The maximum atomic E-state index is 12.5. The van der Waals surface area contributed by atoms with Gasteiger partial charge in [0, 0.05) is 44.9 Å². The van der Waals surface area contributed by atoms with Crippen LogP contribution in [-0.4, -0.2) is 82.5 Å². The van der Waals surface area contributed by atoms with Crippen LogP contribution in [0.5, 0.6) is 5.75 Å². The van der Waals surface area contributed by atoms with Crippen LogP contribution in [0.25, 0.3) is 0 Å². The van der Waals surface area contributed by atoms with Gasteiger partial charge in [0.25, 0.3) is 5.91 Å². The highest BCUT2D eigenvalue weighted by atomic mass is 16.3. The van der Waals surface area contributed by atoms with E-state index in [0.717, 1.165) is 0 Å². The van der Waals surface area contributed by atoms with Gasteiger partial charge in [0.1, 0.15) is 5.75 Å². The van der Waals surface area contributed by atoms with E-state index in [1.807, 2.05) is 11.9 Å². The van der Waals surface area contributed by atoms with Crippen LogP contribution < -0.4 is 0 Å². The largest absolute Gasteiger partial charge is 0.505 e. The van der Waals surface area contributed by atoms with Crippen LogP contribution in [0.4, 0.5) is 0 Å². The van der Waals surface area contributed by atoms with E-state index in [4.69, 9.17) is 5.11 Å². The molecule has 1 aliphatic heterocycles. The molecule has 0 saturated carbocycles. The van der Waals surface area contributed by atoms with Gasteiger partial charge in [-0.3, -0.25) is 4.79 Å². The van der Waals surface area contributed by atoms with Crippen LogP contribution in [0.1, 0.15) is 10.5 Å². The molecule has 2 atom stereocenters. The number of likely N-dealkylation sites (tertiary alicyclic amines) is 1. The topological polar surface area (TPSA) is 97.1 Å². The van der Waals surface area contributed by atoms with Crippen molar-refractivity contribution in [3.63, 3.8) is 0 Å². The first-order chi connectivity index (χ1) is 10.6. The number of aliphatic hydroxyl groups excluding tert-OH is 2. The fourth-order valence-corrected chi connectivity index (χ4v) is 2.89. The van der Waals surface area contributed by atoms with Crippen molar-refractivity contribution in [1.82, 2.24) is 14.8 Å². The number of aromatic hydroxyl groups is 1. The average Bonchev–Trinajstić information content (AvgIpc) is 2.90. The van der Waals surface area contributed by atoms with E-state index >= 15 is 0 Å².